The summed E-state index contributed by atoms with van der Waals surface area (Å²) in [6.45, 7) is 0. The lowest BCUT2D eigenvalue weighted by atomic mass is 10.3. The summed E-state index contributed by atoms with van der Waals surface area (Å²) in [4.78, 5) is 33.2. The normalized spacial score (nSPS) is 9.62. The predicted molar refractivity (Wildman–Crippen MR) is 153 cm³/mol. The number of amides is 2. The van der Waals surface area contributed by atoms with E-state index in [1.807, 2.05) is 54.6 Å². The lowest BCUT2D eigenvalue weighted by molar-refractivity contribution is 0.0950. The minimum Gasteiger partial charge on any atom is -0.399 e. The number of hydrogen-bond acceptors (Lipinski definition) is 8. The number of nitrogen functional groups attached to an aromatic ring is 2. The summed E-state index contributed by atoms with van der Waals surface area (Å²) in [5.41, 5.74) is 13.3. The van der Waals surface area contributed by atoms with Gasteiger partial charge in [0.1, 0.15) is 11.4 Å². The van der Waals surface area contributed by atoms with E-state index in [0.29, 0.717) is 16.4 Å². The zero-order valence-electron chi connectivity index (χ0n) is 20.2. The van der Waals surface area contributed by atoms with Crippen molar-refractivity contribution in [2.45, 2.75) is 14.7 Å². The van der Waals surface area contributed by atoms with Crippen molar-refractivity contribution in [3.8, 4) is 0 Å². The molecule has 0 aliphatic rings. The standard InChI is InChI=1S/C13H13N3OS.C7H7ClN2O.C6H7NS/c1-15-13(17)12-8-11(6-7-16-12)18-10-4-2-9(14)3-5-10;1-9-7(11)6-4-5(8)2-3-10-6;7-5-1-3-6(8)4-2-5/h2-8H,14H2,1H3,(H,15,17);2-4H,1H3,(H,9,11);1-4,8H,7H2. The average molecular weight is 555 g/mol. The molecule has 0 aliphatic heterocycles. The molecule has 0 saturated heterocycles. The van der Waals surface area contributed by atoms with E-state index < -0.39 is 0 Å². The smallest absolute Gasteiger partial charge is 0.269 e. The number of pyridine rings is 2. The summed E-state index contributed by atoms with van der Waals surface area (Å²) < 4.78 is 0. The van der Waals surface area contributed by atoms with Gasteiger partial charge in [-0.2, -0.15) is 0 Å². The second-order valence-corrected chi connectivity index (χ2v) is 9.26. The lowest BCUT2D eigenvalue weighted by Gasteiger charge is -2.04. The molecular formula is C26H27ClN6O2S2. The number of rotatable bonds is 4. The number of carbonyl (C=O) groups is 2. The summed E-state index contributed by atoms with van der Waals surface area (Å²) in [6.07, 6.45) is 3.12. The maximum Gasteiger partial charge on any atom is 0.269 e. The average Bonchev–Trinajstić information content (AvgIpc) is 2.91. The van der Waals surface area contributed by atoms with Gasteiger partial charge < -0.3 is 22.1 Å². The Morgan fingerprint density at radius 1 is 0.757 bits per heavy atom. The van der Waals surface area contributed by atoms with Crippen molar-refractivity contribution in [2.24, 2.45) is 0 Å². The zero-order chi connectivity index (χ0) is 27.2. The number of carbonyl (C=O) groups excluding carboxylic acids is 2. The molecule has 37 heavy (non-hydrogen) atoms. The highest BCUT2D eigenvalue weighted by atomic mass is 35.5. The number of hydrogen-bond donors (Lipinski definition) is 5. The first kappa shape index (κ1) is 29.5. The molecule has 0 saturated carbocycles. The summed E-state index contributed by atoms with van der Waals surface area (Å²) in [5.74, 6) is -0.415. The monoisotopic (exact) mass is 554 g/mol. The minimum absolute atomic E-state index is 0.185. The van der Waals surface area contributed by atoms with Crippen LogP contribution in [0.3, 0.4) is 0 Å². The Labute approximate surface area is 230 Å². The number of thiol groups is 1. The summed E-state index contributed by atoms with van der Waals surface area (Å²) in [7, 11) is 3.13. The first-order chi connectivity index (χ1) is 17.7. The van der Waals surface area contributed by atoms with Gasteiger partial charge >= 0.3 is 0 Å². The van der Waals surface area contributed by atoms with Gasteiger partial charge in [0.2, 0.25) is 0 Å². The molecule has 6 N–H and O–H groups in total. The molecule has 11 heteroatoms. The van der Waals surface area contributed by atoms with Gasteiger partial charge in [-0.3, -0.25) is 19.6 Å². The number of aromatic nitrogens is 2. The maximum atomic E-state index is 11.5. The predicted octanol–water partition coefficient (Wildman–Crippen LogP) is 4.83. The van der Waals surface area contributed by atoms with Crippen LogP contribution < -0.4 is 22.1 Å². The van der Waals surface area contributed by atoms with E-state index >= 15 is 0 Å². The van der Waals surface area contributed by atoms with Gasteiger partial charge in [0.15, 0.2) is 0 Å². The van der Waals surface area contributed by atoms with E-state index in [1.54, 1.807) is 44.2 Å². The Bertz CT molecular complexity index is 1280. The number of anilines is 2. The van der Waals surface area contributed by atoms with Crippen LogP contribution in [-0.2, 0) is 0 Å². The van der Waals surface area contributed by atoms with Crippen LogP contribution in [0, 0.1) is 0 Å². The summed E-state index contributed by atoms with van der Waals surface area (Å²) in [5, 5.41) is 5.51. The van der Waals surface area contributed by atoms with Crippen LogP contribution in [0.2, 0.25) is 5.02 Å². The molecular weight excluding hydrogens is 528 g/mol. The van der Waals surface area contributed by atoms with Gasteiger partial charge in [-0.05, 0) is 72.8 Å². The van der Waals surface area contributed by atoms with Crippen LogP contribution in [0.1, 0.15) is 21.0 Å². The molecule has 2 amide bonds. The fraction of sp³-hybridized carbons (Fsp3) is 0.0769. The Morgan fingerprint density at radius 3 is 1.73 bits per heavy atom. The van der Waals surface area contributed by atoms with Crippen LogP contribution in [0.4, 0.5) is 11.4 Å². The van der Waals surface area contributed by atoms with E-state index in [1.165, 1.54) is 12.3 Å². The Kier molecular flexibility index (Phi) is 12.3. The first-order valence-electron chi connectivity index (χ1n) is 10.8. The van der Waals surface area contributed by atoms with E-state index in [-0.39, 0.29) is 11.8 Å². The molecule has 2 aromatic heterocycles. The lowest BCUT2D eigenvalue weighted by Crippen LogP contribution is -2.18. The number of nitrogens with two attached hydrogens (primary N) is 2. The quantitative estimate of drug-likeness (QED) is 0.180. The highest BCUT2D eigenvalue weighted by molar-refractivity contribution is 7.99. The van der Waals surface area contributed by atoms with Crippen molar-refractivity contribution >= 4 is 59.2 Å². The van der Waals surface area contributed by atoms with Crippen molar-refractivity contribution in [2.75, 3.05) is 25.6 Å². The van der Waals surface area contributed by atoms with E-state index in [0.717, 1.165) is 26.1 Å². The first-order valence-corrected chi connectivity index (χ1v) is 12.5. The second-order valence-electron chi connectivity index (χ2n) is 7.16. The topological polar surface area (TPSA) is 136 Å². The van der Waals surface area contributed by atoms with Gasteiger partial charge in [-0.25, -0.2) is 0 Å². The molecule has 8 nitrogen and oxygen atoms in total. The van der Waals surface area contributed by atoms with Crippen molar-refractivity contribution in [1.29, 1.82) is 0 Å². The van der Waals surface area contributed by atoms with Gasteiger partial charge in [-0.15, -0.1) is 12.6 Å². The van der Waals surface area contributed by atoms with Gasteiger partial charge in [0.05, 0.1) is 0 Å². The molecule has 2 aromatic carbocycles. The third-order valence-electron chi connectivity index (χ3n) is 4.38. The van der Waals surface area contributed by atoms with Crippen LogP contribution >= 0.6 is 36.0 Å². The second kappa shape index (κ2) is 15.4. The fourth-order valence-electron chi connectivity index (χ4n) is 2.53. The molecule has 0 atom stereocenters. The van der Waals surface area contributed by atoms with Gasteiger partial charge in [0, 0.05) is 57.6 Å². The third kappa shape index (κ3) is 10.8. The van der Waals surface area contributed by atoms with Crippen molar-refractivity contribution in [3.05, 3.63) is 102 Å². The Balaban J connectivity index is 0.000000215. The Morgan fingerprint density at radius 2 is 1.24 bits per heavy atom. The van der Waals surface area contributed by atoms with Gasteiger partial charge in [0.25, 0.3) is 11.8 Å². The van der Waals surface area contributed by atoms with E-state index in [4.69, 9.17) is 23.1 Å². The largest absolute Gasteiger partial charge is 0.399 e. The molecule has 0 aliphatic carbocycles. The maximum absolute atomic E-state index is 11.5. The van der Waals surface area contributed by atoms with Crippen LogP contribution in [0.15, 0.2) is 99.9 Å². The molecule has 192 valence electrons. The number of nitrogens with zero attached hydrogens (tertiary/aromatic N) is 2. The third-order valence-corrected chi connectivity index (χ3v) is 5.91. The Hall–Kier alpha value is -3.73. The van der Waals surface area contributed by atoms with Crippen molar-refractivity contribution in [3.63, 3.8) is 0 Å². The molecule has 0 unspecified atom stereocenters. The summed E-state index contributed by atoms with van der Waals surface area (Å²) >= 11 is 11.3. The summed E-state index contributed by atoms with van der Waals surface area (Å²) in [6, 6.07) is 21.7. The molecule has 4 rings (SSSR count). The number of benzene rings is 2. The zero-order valence-corrected chi connectivity index (χ0v) is 22.6. The highest BCUT2D eigenvalue weighted by Crippen LogP contribution is 2.28. The van der Waals surface area contributed by atoms with Crippen LogP contribution in [-0.4, -0.2) is 35.9 Å². The SMILES string of the molecule is CNC(=O)c1cc(Cl)ccn1.CNC(=O)c1cc(Sc2ccc(N)cc2)ccn1.Nc1ccc(S)cc1. The van der Waals surface area contributed by atoms with Crippen molar-refractivity contribution in [1.82, 2.24) is 20.6 Å². The van der Waals surface area contributed by atoms with E-state index in [2.05, 4.69) is 33.2 Å². The van der Waals surface area contributed by atoms with E-state index in [9.17, 15) is 9.59 Å². The molecule has 0 fully saturated rings. The fourth-order valence-corrected chi connectivity index (χ4v) is 3.68. The molecule has 0 spiro atoms. The van der Waals surface area contributed by atoms with Crippen LogP contribution in [0.5, 0.6) is 0 Å². The molecule has 4 aromatic rings. The minimum atomic E-state index is -0.229. The molecule has 0 bridgehead atoms. The highest BCUT2D eigenvalue weighted by Gasteiger charge is 2.06. The number of halogens is 1. The number of nitrogens with one attached hydrogen (secondary N) is 2. The van der Waals surface area contributed by atoms with Gasteiger partial charge in [-0.1, -0.05) is 23.4 Å². The van der Waals surface area contributed by atoms with Crippen molar-refractivity contribution < 1.29 is 9.59 Å². The molecule has 2 heterocycles. The molecule has 0 radical (unpaired) electrons. The van der Waals surface area contributed by atoms with Crippen LogP contribution in [0.25, 0.3) is 0 Å².